The molecule has 15 heavy (non-hydrogen) atoms. The molecule has 0 aliphatic rings. The van der Waals surface area contributed by atoms with Crippen LogP contribution in [0.2, 0.25) is 0 Å². The van der Waals surface area contributed by atoms with E-state index in [4.69, 9.17) is 0 Å². The first-order valence-electron chi connectivity index (χ1n) is 3.35. The molecule has 4 nitrogen and oxygen atoms in total. The Bertz CT molecular complexity index is 380. The van der Waals surface area contributed by atoms with E-state index in [1.165, 1.54) is 0 Å². The Morgan fingerprint density at radius 3 is 1.40 bits per heavy atom. The zero-order valence-electron chi connectivity index (χ0n) is 7.25. The summed E-state index contributed by atoms with van der Waals surface area (Å²) < 4.78 is 0.278. The fourth-order valence-electron chi connectivity index (χ4n) is 0.860. The van der Waals surface area contributed by atoms with Crippen LogP contribution in [-0.4, -0.2) is 11.9 Å². The number of carboxylic acid groups (broad SMARTS) is 2. The molecule has 74 valence electrons. The minimum absolute atomic E-state index is 0. The van der Waals surface area contributed by atoms with Crippen LogP contribution < -0.4 is 10.2 Å². The van der Waals surface area contributed by atoms with Crippen LogP contribution in [0.5, 0.6) is 0 Å². The second-order valence-electron chi connectivity index (χ2n) is 2.39. The van der Waals surface area contributed by atoms with Crippen molar-refractivity contribution in [2.75, 3.05) is 0 Å². The summed E-state index contributed by atoms with van der Waals surface area (Å²) in [6.07, 6.45) is 0. The zero-order valence-corrected chi connectivity index (χ0v) is 13.4. The van der Waals surface area contributed by atoms with Gasteiger partial charge in [-0.05, 0) is 12.1 Å². The topological polar surface area (TPSA) is 80.3 Å². The number of carbonyl (C=O) groups excluding carboxylic acids is 2. The van der Waals surface area contributed by atoms with Gasteiger partial charge in [0.2, 0.25) is 0 Å². The van der Waals surface area contributed by atoms with E-state index in [1.54, 1.807) is 0 Å². The molecule has 0 unspecified atom stereocenters. The van der Waals surface area contributed by atoms with Gasteiger partial charge in [-0.2, -0.15) is 0 Å². The number of halogens is 2. The maximum Gasteiger partial charge on any atom is 2.00 e. The molecule has 0 aliphatic carbocycles. The van der Waals surface area contributed by atoms with Gasteiger partial charge in [-0.25, -0.2) is 0 Å². The minimum Gasteiger partial charge on any atom is -0.545 e. The largest absolute Gasteiger partial charge is 2.00 e. The summed E-state index contributed by atoms with van der Waals surface area (Å²) in [7, 11) is 0. The second kappa shape index (κ2) is 5.73. The molecule has 0 heterocycles. The molecule has 0 bridgehead atoms. The Morgan fingerprint density at radius 2 is 1.20 bits per heavy atom. The fourth-order valence-corrected chi connectivity index (χ4v) is 1.87. The molecule has 0 N–H and O–H groups in total. The van der Waals surface area contributed by atoms with Gasteiger partial charge >= 0.3 is 19.5 Å². The number of hydrogen-bond acceptors (Lipinski definition) is 4. The van der Waals surface area contributed by atoms with Crippen LogP contribution in [0.25, 0.3) is 0 Å². The third kappa shape index (κ3) is 3.36. The van der Waals surface area contributed by atoms with Crippen molar-refractivity contribution in [3.8, 4) is 0 Å². The Labute approximate surface area is 115 Å². The van der Waals surface area contributed by atoms with Gasteiger partial charge < -0.3 is 19.8 Å². The maximum absolute atomic E-state index is 10.5. The molecule has 1 rings (SSSR count). The predicted molar refractivity (Wildman–Crippen MR) is 50.5 cm³/mol. The molecule has 0 amide bonds. The van der Waals surface area contributed by atoms with Gasteiger partial charge in [0.15, 0.2) is 0 Å². The Hall–Kier alpha value is -0.257. The summed E-state index contributed by atoms with van der Waals surface area (Å²) in [5, 5.41) is 21.1. The first-order valence-corrected chi connectivity index (χ1v) is 4.94. The van der Waals surface area contributed by atoms with E-state index in [2.05, 4.69) is 31.9 Å². The van der Waals surface area contributed by atoms with Crippen molar-refractivity contribution in [2.45, 2.75) is 0 Å². The van der Waals surface area contributed by atoms with Crippen molar-refractivity contribution in [3.63, 3.8) is 0 Å². The number of carboxylic acids is 2. The summed E-state index contributed by atoms with van der Waals surface area (Å²) >= 11 is 5.83. The summed E-state index contributed by atoms with van der Waals surface area (Å²) in [5.41, 5.74) is -0.247. The standard InChI is InChI=1S/C8H4Br2O4.Zn/c9-5-1-3(7(11)12)6(10)2-4(5)8(13)14;/h1-2H,(H,11,12)(H,13,14);/q;+2/p-2. The molecule has 0 saturated carbocycles. The van der Waals surface area contributed by atoms with Crippen LogP contribution >= 0.6 is 31.9 Å². The third-order valence-corrected chi connectivity index (χ3v) is 2.81. The van der Waals surface area contributed by atoms with Crippen molar-refractivity contribution in [2.24, 2.45) is 0 Å². The van der Waals surface area contributed by atoms with Gasteiger partial charge in [0.25, 0.3) is 0 Å². The molecule has 7 heteroatoms. The summed E-state index contributed by atoms with van der Waals surface area (Å²) in [4.78, 5) is 21.1. The molecular weight excluding hydrogens is 385 g/mol. The van der Waals surface area contributed by atoms with E-state index in [-0.39, 0.29) is 39.6 Å². The van der Waals surface area contributed by atoms with Gasteiger partial charge in [-0.3, -0.25) is 0 Å². The molecule has 0 aromatic heterocycles. The molecule has 0 radical (unpaired) electrons. The molecule has 0 aliphatic heterocycles. The number of aromatic carboxylic acids is 2. The van der Waals surface area contributed by atoms with E-state index >= 15 is 0 Å². The van der Waals surface area contributed by atoms with Gasteiger partial charge in [0, 0.05) is 20.1 Å². The molecule has 0 spiro atoms. The molecule has 1 aromatic rings. The van der Waals surface area contributed by atoms with Crippen molar-refractivity contribution in [1.82, 2.24) is 0 Å². The van der Waals surface area contributed by atoms with Crippen LogP contribution in [0.1, 0.15) is 20.7 Å². The number of benzene rings is 1. The maximum atomic E-state index is 10.5. The zero-order chi connectivity index (χ0) is 10.9. The number of rotatable bonds is 2. The van der Waals surface area contributed by atoms with E-state index in [0.717, 1.165) is 12.1 Å². The van der Waals surface area contributed by atoms with Crippen LogP contribution in [-0.2, 0) is 19.5 Å². The summed E-state index contributed by atoms with van der Waals surface area (Å²) in [6, 6.07) is 2.29. The molecular formula is C8H2Br2O4Zn. The predicted octanol–water partition coefficient (Wildman–Crippen LogP) is -0.0639. The first kappa shape index (κ1) is 14.7. The van der Waals surface area contributed by atoms with Gasteiger partial charge in [-0.15, -0.1) is 0 Å². The van der Waals surface area contributed by atoms with Crippen molar-refractivity contribution in [3.05, 3.63) is 32.2 Å². The monoisotopic (exact) mass is 384 g/mol. The SMILES string of the molecule is O=C([O-])c1cc(Br)c(C(=O)[O-])cc1Br.[Zn+2]. The normalized spacial score (nSPS) is 9.20. The third-order valence-electron chi connectivity index (χ3n) is 1.50. The summed E-state index contributed by atoms with van der Waals surface area (Å²) in [6.45, 7) is 0. The molecule has 1 aromatic carbocycles. The van der Waals surface area contributed by atoms with Crippen molar-refractivity contribution >= 4 is 43.8 Å². The molecule has 0 saturated heterocycles. The van der Waals surface area contributed by atoms with Crippen LogP contribution in [0, 0.1) is 0 Å². The van der Waals surface area contributed by atoms with E-state index in [9.17, 15) is 19.8 Å². The Morgan fingerprint density at radius 1 is 0.933 bits per heavy atom. The second-order valence-corrected chi connectivity index (χ2v) is 4.10. The Balaban J connectivity index is 0.00000196. The van der Waals surface area contributed by atoms with E-state index < -0.39 is 11.9 Å². The number of hydrogen-bond donors (Lipinski definition) is 0. The minimum atomic E-state index is -1.39. The first-order chi connectivity index (χ1) is 6.43. The van der Waals surface area contributed by atoms with Crippen LogP contribution in [0.4, 0.5) is 0 Å². The average Bonchev–Trinajstić information content (AvgIpc) is 2.07. The quantitative estimate of drug-likeness (QED) is 0.666. The van der Waals surface area contributed by atoms with Crippen LogP contribution in [0.15, 0.2) is 21.1 Å². The van der Waals surface area contributed by atoms with Gasteiger partial charge in [0.05, 0.1) is 11.9 Å². The van der Waals surface area contributed by atoms with Crippen molar-refractivity contribution in [1.29, 1.82) is 0 Å². The van der Waals surface area contributed by atoms with E-state index in [0.29, 0.717) is 0 Å². The van der Waals surface area contributed by atoms with Crippen molar-refractivity contribution < 1.29 is 39.3 Å². The van der Waals surface area contributed by atoms with Crippen LogP contribution in [0.3, 0.4) is 0 Å². The number of carbonyl (C=O) groups is 2. The summed E-state index contributed by atoms with van der Waals surface area (Å²) in [5.74, 6) is -2.77. The van der Waals surface area contributed by atoms with E-state index in [1.807, 2.05) is 0 Å². The smallest absolute Gasteiger partial charge is 0.545 e. The Kier molecular flexibility index (Phi) is 5.63. The van der Waals surface area contributed by atoms with Gasteiger partial charge in [-0.1, -0.05) is 31.9 Å². The van der Waals surface area contributed by atoms with Gasteiger partial charge in [0.1, 0.15) is 0 Å². The fraction of sp³-hybridized carbons (Fsp3) is 0. The average molecular weight is 387 g/mol. The molecule has 0 atom stereocenters. The molecule has 0 fully saturated rings.